The first-order chi connectivity index (χ1) is 11.4. The van der Waals surface area contributed by atoms with Crippen molar-refractivity contribution < 1.29 is 8.42 Å². The Labute approximate surface area is 147 Å². The molecule has 1 aromatic rings. The summed E-state index contributed by atoms with van der Waals surface area (Å²) < 4.78 is 23.2. The molecule has 4 heteroatoms. The summed E-state index contributed by atoms with van der Waals surface area (Å²) in [5.41, 5.74) is 2.87. The second-order valence-corrected chi connectivity index (χ2v) is 10.3. The second-order valence-electron chi connectivity index (χ2n) is 8.11. The van der Waals surface area contributed by atoms with Crippen LogP contribution in [0.15, 0.2) is 24.3 Å². The minimum atomic E-state index is -2.73. The van der Waals surface area contributed by atoms with E-state index in [9.17, 15) is 8.42 Å². The predicted molar refractivity (Wildman–Crippen MR) is 100 cm³/mol. The molecular weight excluding hydrogens is 318 g/mol. The smallest absolute Gasteiger partial charge is 0.150 e. The summed E-state index contributed by atoms with van der Waals surface area (Å²) in [6.45, 7) is 7.71. The molecule has 0 aliphatic carbocycles. The molecule has 0 saturated carbocycles. The van der Waals surface area contributed by atoms with Crippen molar-refractivity contribution in [2.24, 2.45) is 11.8 Å². The fraction of sp³-hybridized carbons (Fsp3) is 0.700. The van der Waals surface area contributed by atoms with E-state index >= 15 is 0 Å². The minimum absolute atomic E-state index is 0.370. The lowest BCUT2D eigenvalue weighted by Gasteiger charge is -2.33. The molecule has 1 aromatic carbocycles. The highest BCUT2D eigenvalue weighted by molar-refractivity contribution is 7.91. The summed E-state index contributed by atoms with van der Waals surface area (Å²) in [5, 5.41) is 0. The van der Waals surface area contributed by atoms with Crippen molar-refractivity contribution in [3.05, 3.63) is 35.4 Å². The molecule has 2 heterocycles. The van der Waals surface area contributed by atoms with E-state index in [0.717, 1.165) is 32.0 Å². The maximum atomic E-state index is 11.6. The molecule has 0 spiro atoms. The van der Waals surface area contributed by atoms with Gasteiger partial charge in [0.25, 0.3) is 0 Å². The molecule has 0 amide bonds. The number of hydrogen-bond donors (Lipinski definition) is 0. The Hall–Kier alpha value is -0.870. The van der Waals surface area contributed by atoms with Gasteiger partial charge in [-0.3, -0.25) is 0 Å². The normalized spacial score (nSPS) is 25.4. The lowest BCUT2D eigenvalue weighted by atomic mass is 9.89. The predicted octanol–water partition coefficient (Wildman–Crippen LogP) is 3.50. The van der Waals surface area contributed by atoms with E-state index in [0.29, 0.717) is 23.3 Å². The molecule has 0 radical (unpaired) electrons. The number of sulfone groups is 1. The third kappa shape index (κ3) is 4.82. The zero-order valence-corrected chi connectivity index (χ0v) is 15.9. The highest BCUT2D eigenvalue weighted by atomic mass is 32.2. The number of piperidine rings is 1. The van der Waals surface area contributed by atoms with Crippen molar-refractivity contribution in [1.29, 1.82) is 0 Å². The van der Waals surface area contributed by atoms with E-state index in [4.69, 9.17) is 0 Å². The molecule has 2 aliphatic heterocycles. The van der Waals surface area contributed by atoms with Crippen LogP contribution in [0.3, 0.4) is 0 Å². The van der Waals surface area contributed by atoms with E-state index in [1.165, 1.54) is 30.4 Å². The second kappa shape index (κ2) is 7.57. The van der Waals surface area contributed by atoms with Gasteiger partial charge in [-0.05, 0) is 67.7 Å². The van der Waals surface area contributed by atoms with E-state index in [-0.39, 0.29) is 0 Å². The van der Waals surface area contributed by atoms with Gasteiger partial charge in [0.05, 0.1) is 11.5 Å². The van der Waals surface area contributed by atoms with Gasteiger partial charge in [-0.25, -0.2) is 8.42 Å². The Morgan fingerprint density at radius 3 is 2.25 bits per heavy atom. The first-order valence-electron chi connectivity index (χ1n) is 9.43. The Balaban J connectivity index is 1.43. The third-order valence-corrected chi connectivity index (χ3v) is 7.56. The van der Waals surface area contributed by atoms with Crippen LogP contribution in [0, 0.1) is 11.8 Å². The zero-order valence-electron chi connectivity index (χ0n) is 15.1. The average Bonchev–Trinajstić information content (AvgIpc) is 2.88. The van der Waals surface area contributed by atoms with Gasteiger partial charge in [-0.2, -0.15) is 0 Å². The van der Waals surface area contributed by atoms with Crippen molar-refractivity contribution in [2.45, 2.75) is 45.4 Å². The lowest BCUT2D eigenvalue weighted by molar-refractivity contribution is 0.165. The molecular formula is C20H31NO2S. The van der Waals surface area contributed by atoms with Crippen molar-refractivity contribution in [2.75, 3.05) is 31.1 Å². The summed E-state index contributed by atoms with van der Waals surface area (Å²) >= 11 is 0. The maximum Gasteiger partial charge on any atom is 0.150 e. The van der Waals surface area contributed by atoms with E-state index in [2.05, 4.69) is 43.0 Å². The minimum Gasteiger partial charge on any atom is -0.303 e. The standard InChI is InChI=1S/C20H31NO2S/c1-16(2)20-5-3-17(4-6-20)13-18-7-10-21(11-8-18)14-19-9-12-24(22,23)15-19/h3-6,16,18-19H,7-15H2,1-2H3. The maximum absolute atomic E-state index is 11.6. The van der Waals surface area contributed by atoms with E-state index in [1.807, 2.05) is 0 Å². The fourth-order valence-corrected chi connectivity index (χ4v) is 5.98. The largest absolute Gasteiger partial charge is 0.303 e. The summed E-state index contributed by atoms with van der Waals surface area (Å²) in [5.74, 6) is 2.56. The third-order valence-electron chi connectivity index (χ3n) is 5.72. The van der Waals surface area contributed by atoms with Crippen LogP contribution in [0.1, 0.15) is 50.2 Å². The van der Waals surface area contributed by atoms with Gasteiger partial charge in [0.15, 0.2) is 9.84 Å². The molecule has 0 N–H and O–H groups in total. The van der Waals surface area contributed by atoms with Crippen molar-refractivity contribution >= 4 is 9.84 Å². The molecule has 2 aliphatic rings. The molecule has 1 unspecified atom stereocenters. The first kappa shape index (κ1) is 17.9. The van der Waals surface area contributed by atoms with Gasteiger partial charge in [0.2, 0.25) is 0 Å². The molecule has 0 bridgehead atoms. The van der Waals surface area contributed by atoms with Gasteiger partial charge in [-0.15, -0.1) is 0 Å². The molecule has 2 fully saturated rings. The summed E-state index contributed by atoms with van der Waals surface area (Å²) in [6, 6.07) is 9.14. The SMILES string of the molecule is CC(C)c1ccc(CC2CCN(CC3CCS(=O)(=O)C3)CC2)cc1. The number of nitrogens with zero attached hydrogens (tertiary/aromatic N) is 1. The van der Waals surface area contributed by atoms with Gasteiger partial charge >= 0.3 is 0 Å². The Morgan fingerprint density at radius 1 is 1.04 bits per heavy atom. The molecule has 2 saturated heterocycles. The van der Waals surface area contributed by atoms with Crippen LogP contribution < -0.4 is 0 Å². The number of rotatable bonds is 5. The Kier molecular flexibility index (Phi) is 5.66. The van der Waals surface area contributed by atoms with Gasteiger partial charge < -0.3 is 4.90 Å². The van der Waals surface area contributed by atoms with Crippen molar-refractivity contribution in [3.63, 3.8) is 0 Å². The van der Waals surface area contributed by atoms with Crippen molar-refractivity contribution in [1.82, 2.24) is 4.90 Å². The van der Waals surface area contributed by atoms with Crippen LogP contribution in [0.4, 0.5) is 0 Å². The molecule has 0 aromatic heterocycles. The van der Waals surface area contributed by atoms with Crippen LogP contribution in [-0.4, -0.2) is 44.5 Å². The van der Waals surface area contributed by atoms with Gasteiger partial charge in [0.1, 0.15) is 0 Å². The molecule has 24 heavy (non-hydrogen) atoms. The van der Waals surface area contributed by atoms with Crippen LogP contribution in [0.2, 0.25) is 0 Å². The first-order valence-corrected chi connectivity index (χ1v) is 11.2. The quantitative estimate of drug-likeness (QED) is 0.816. The number of likely N-dealkylation sites (tertiary alicyclic amines) is 1. The van der Waals surface area contributed by atoms with E-state index in [1.54, 1.807) is 0 Å². The summed E-state index contributed by atoms with van der Waals surface area (Å²) in [6.07, 6.45) is 4.53. The van der Waals surface area contributed by atoms with Crippen LogP contribution in [0.5, 0.6) is 0 Å². The summed E-state index contributed by atoms with van der Waals surface area (Å²) in [4.78, 5) is 2.49. The van der Waals surface area contributed by atoms with E-state index < -0.39 is 9.84 Å². The van der Waals surface area contributed by atoms with Gasteiger partial charge in [0, 0.05) is 6.54 Å². The molecule has 1 atom stereocenters. The molecule has 3 nitrogen and oxygen atoms in total. The fourth-order valence-electron chi connectivity index (χ4n) is 4.13. The topological polar surface area (TPSA) is 37.4 Å². The lowest BCUT2D eigenvalue weighted by Crippen LogP contribution is -2.37. The Morgan fingerprint density at radius 2 is 1.71 bits per heavy atom. The van der Waals surface area contributed by atoms with Crippen LogP contribution in [0.25, 0.3) is 0 Å². The zero-order chi connectivity index (χ0) is 17.2. The molecule has 3 rings (SSSR count). The van der Waals surface area contributed by atoms with Crippen LogP contribution in [-0.2, 0) is 16.3 Å². The van der Waals surface area contributed by atoms with Crippen molar-refractivity contribution in [3.8, 4) is 0 Å². The van der Waals surface area contributed by atoms with Crippen LogP contribution >= 0.6 is 0 Å². The number of benzene rings is 1. The highest BCUT2D eigenvalue weighted by Crippen LogP contribution is 2.25. The molecule has 134 valence electrons. The number of hydrogen-bond acceptors (Lipinski definition) is 3. The Bertz CT molecular complexity index is 628. The average molecular weight is 350 g/mol. The monoisotopic (exact) mass is 349 g/mol. The van der Waals surface area contributed by atoms with Gasteiger partial charge in [-0.1, -0.05) is 38.1 Å². The summed E-state index contributed by atoms with van der Waals surface area (Å²) in [7, 11) is -2.73. The highest BCUT2D eigenvalue weighted by Gasteiger charge is 2.30.